The molecule has 1 aliphatic heterocycles. The van der Waals surface area contributed by atoms with Crippen molar-refractivity contribution in [3.8, 4) is 0 Å². The summed E-state index contributed by atoms with van der Waals surface area (Å²) < 4.78 is 25.2. The van der Waals surface area contributed by atoms with Crippen LogP contribution in [0.3, 0.4) is 0 Å². The van der Waals surface area contributed by atoms with Crippen LogP contribution in [0.25, 0.3) is 0 Å². The van der Waals surface area contributed by atoms with Crippen LogP contribution in [0.4, 0.5) is 8.78 Å². The summed E-state index contributed by atoms with van der Waals surface area (Å²) in [5.41, 5.74) is -1.23. The third kappa shape index (κ3) is 2.41. The van der Waals surface area contributed by atoms with Gasteiger partial charge in [-0.25, -0.2) is 13.8 Å². The fourth-order valence-corrected chi connectivity index (χ4v) is 2.09. The molecule has 5 nitrogen and oxygen atoms in total. The van der Waals surface area contributed by atoms with E-state index in [0.717, 1.165) is 6.92 Å². The first-order valence-electron chi connectivity index (χ1n) is 5.61. The van der Waals surface area contributed by atoms with E-state index in [1.165, 1.54) is 0 Å². The maximum Gasteiger partial charge on any atom is 0.267 e. The number of aromatic nitrogens is 2. The highest BCUT2D eigenvalue weighted by atomic mass is 19.3. The van der Waals surface area contributed by atoms with Gasteiger partial charge in [0, 0.05) is 19.6 Å². The lowest BCUT2D eigenvalue weighted by Crippen LogP contribution is -2.44. The maximum absolute atomic E-state index is 12.6. The molecule has 2 heterocycles. The maximum atomic E-state index is 12.6. The van der Waals surface area contributed by atoms with Crippen LogP contribution in [0, 0.1) is 6.92 Å². The number of hydrogen-bond donors (Lipinski definition) is 2. The minimum Gasteiger partial charge on any atom is -0.383 e. The van der Waals surface area contributed by atoms with Crippen molar-refractivity contribution in [2.24, 2.45) is 0 Å². The predicted molar refractivity (Wildman–Crippen MR) is 60.3 cm³/mol. The van der Waals surface area contributed by atoms with Gasteiger partial charge in [0.2, 0.25) is 0 Å². The molecule has 2 rings (SSSR count). The third-order valence-electron chi connectivity index (χ3n) is 2.99. The topological polar surface area (TPSA) is 69.2 Å². The molecule has 0 spiro atoms. The van der Waals surface area contributed by atoms with Crippen LogP contribution in [0.2, 0.25) is 0 Å². The van der Waals surface area contributed by atoms with Crippen LogP contribution in [0.5, 0.6) is 0 Å². The first kappa shape index (κ1) is 13.1. The molecule has 2 N–H and O–H groups in total. The van der Waals surface area contributed by atoms with Gasteiger partial charge in [0.1, 0.15) is 11.4 Å². The number of aliphatic hydroxyl groups is 1. The lowest BCUT2D eigenvalue weighted by molar-refractivity contribution is -0.0999. The number of β-amino-alcohol motifs (C(OH)–C–C–N with tert-alkyl or cyclic N) is 1. The molecular formula is C11H15F2N3O2. The third-order valence-corrected chi connectivity index (χ3v) is 2.99. The van der Waals surface area contributed by atoms with Crippen LogP contribution in [-0.4, -0.2) is 38.5 Å². The standard InChI is InChI=1S/C11H15F2N3O2/c1-6-14-8-4-16(3-7(8)9(17)15-6)5-11(2,18)10(12)13/h10,18H,3-5H2,1-2H3,(H,14,15,17). The van der Waals surface area contributed by atoms with Gasteiger partial charge >= 0.3 is 0 Å². The summed E-state index contributed by atoms with van der Waals surface area (Å²) in [6.45, 7) is 3.10. The zero-order valence-corrected chi connectivity index (χ0v) is 10.2. The van der Waals surface area contributed by atoms with E-state index in [1.54, 1.807) is 11.8 Å². The summed E-state index contributed by atoms with van der Waals surface area (Å²) >= 11 is 0. The Morgan fingerprint density at radius 1 is 1.56 bits per heavy atom. The highest BCUT2D eigenvalue weighted by molar-refractivity contribution is 5.22. The van der Waals surface area contributed by atoms with Crippen molar-refractivity contribution < 1.29 is 13.9 Å². The predicted octanol–water partition coefficient (Wildman–Crippen LogP) is 0.410. The monoisotopic (exact) mass is 259 g/mol. The Labute approximate surface area is 102 Å². The van der Waals surface area contributed by atoms with E-state index in [-0.39, 0.29) is 18.6 Å². The van der Waals surface area contributed by atoms with E-state index >= 15 is 0 Å². The van der Waals surface area contributed by atoms with Crippen molar-refractivity contribution in [1.29, 1.82) is 0 Å². The quantitative estimate of drug-likeness (QED) is 0.825. The lowest BCUT2D eigenvalue weighted by atomic mass is 10.1. The first-order chi connectivity index (χ1) is 8.29. The molecule has 0 saturated heterocycles. The van der Waals surface area contributed by atoms with E-state index in [4.69, 9.17) is 0 Å². The second-order valence-corrected chi connectivity index (χ2v) is 4.88. The minimum atomic E-state index is -2.82. The van der Waals surface area contributed by atoms with Crippen molar-refractivity contribution in [2.45, 2.75) is 39.0 Å². The Hall–Kier alpha value is -1.34. The van der Waals surface area contributed by atoms with Crippen molar-refractivity contribution in [3.63, 3.8) is 0 Å². The Bertz CT molecular complexity index is 514. The number of H-pyrrole nitrogens is 1. The highest BCUT2D eigenvalue weighted by Crippen LogP contribution is 2.23. The highest BCUT2D eigenvalue weighted by Gasteiger charge is 2.36. The second-order valence-electron chi connectivity index (χ2n) is 4.88. The molecule has 1 aromatic rings. The molecule has 0 radical (unpaired) electrons. The number of alkyl halides is 2. The molecule has 7 heteroatoms. The van der Waals surface area contributed by atoms with E-state index in [0.29, 0.717) is 23.6 Å². The van der Waals surface area contributed by atoms with Crippen LogP contribution in [0.1, 0.15) is 24.0 Å². The van der Waals surface area contributed by atoms with E-state index in [9.17, 15) is 18.7 Å². The van der Waals surface area contributed by atoms with Gasteiger partial charge in [-0.05, 0) is 13.8 Å². The van der Waals surface area contributed by atoms with Gasteiger partial charge in [0.25, 0.3) is 12.0 Å². The zero-order valence-electron chi connectivity index (χ0n) is 10.2. The van der Waals surface area contributed by atoms with Crippen molar-refractivity contribution in [2.75, 3.05) is 6.54 Å². The summed E-state index contributed by atoms with van der Waals surface area (Å²) in [5, 5.41) is 9.56. The van der Waals surface area contributed by atoms with Crippen LogP contribution >= 0.6 is 0 Å². The molecule has 100 valence electrons. The van der Waals surface area contributed by atoms with Gasteiger partial charge in [-0.15, -0.1) is 0 Å². The number of fused-ring (bicyclic) bond motifs is 1. The molecule has 1 aromatic heterocycles. The van der Waals surface area contributed by atoms with Gasteiger partial charge in [0.05, 0.1) is 11.3 Å². The minimum absolute atomic E-state index is 0.195. The Balaban J connectivity index is 2.16. The Kier molecular flexibility index (Phi) is 3.20. The average Bonchev–Trinajstić information content (AvgIpc) is 2.59. The van der Waals surface area contributed by atoms with Gasteiger partial charge in [0.15, 0.2) is 0 Å². The number of nitrogens with zero attached hydrogens (tertiary/aromatic N) is 2. The van der Waals surface area contributed by atoms with E-state index in [2.05, 4.69) is 9.97 Å². The summed E-state index contributed by atoms with van der Waals surface area (Å²) in [5.74, 6) is 0.501. The number of hydrogen-bond acceptors (Lipinski definition) is 4. The van der Waals surface area contributed by atoms with Crippen molar-refractivity contribution >= 4 is 0 Å². The SMILES string of the molecule is Cc1nc2c(c(=O)[nH]1)CN(CC(C)(O)C(F)F)C2. The molecule has 0 fully saturated rings. The number of aromatic amines is 1. The number of aryl methyl sites for hydroxylation is 1. The van der Waals surface area contributed by atoms with Gasteiger partial charge in [-0.1, -0.05) is 0 Å². The van der Waals surface area contributed by atoms with Crippen LogP contribution < -0.4 is 5.56 Å². The molecule has 0 saturated carbocycles. The normalized spacial score (nSPS) is 19.0. The van der Waals surface area contributed by atoms with Crippen LogP contribution in [0.15, 0.2) is 4.79 Å². The summed E-state index contributed by atoms with van der Waals surface area (Å²) in [7, 11) is 0. The first-order valence-corrected chi connectivity index (χ1v) is 5.61. The molecule has 0 aliphatic carbocycles. The number of rotatable bonds is 3. The molecule has 0 aromatic carbocycles. The molecule has 1 aliphatic rings. The van der Waals surface area contributed by atoms with E-state index in [1.807, 2.05) is 0 Å². The van der Waals surface area contributed by atoms with Gasteiger partial charge < -0.3 is 10.1 Å². The zero-order chi connectivity index (χ0) is 13.5. The smallest absolute Gasteiger partial charge is 0.267 e. The second kappa shape index (κ2) is 4.40. The fraction of sp³-hybridized carbons (Fsp3) is 0.636. The van der Waals surface area contributed by atoms with Gasteiger partial charge in [-0.2, -0.15) is 0 Å². The molecule has 0 bridgehead atoms. The molecular weight excluding hydrogens is 244 g/mol. The molecule has 1 atom stereocenters. The molecule has 1 unspecified atom stereocenters. The van der Waals surface area contributed by atoms with Gasteiger partial charge in [-0.3, -0.25) is 9.69 Å². The number of halogens is 2. The Morgan fingerprint density at radius 2 is 2.22 bits per heavy atom. The molecule has 0 amide bonds. The summed E-state index contributed by atoms with van der Waals surface area (Å²) in [6, 6.07) is 0. The lowest BCUT2D eigenvalue weighted by Gasteiger charge is -2.27. The number of nitrogens with one attached hydrogen (secondary N) is 1. The largest absolute Gasteiger partial charge is 0.383 e. The van der Waals surface area contributed by atoms with E-state index < -0.39 is 12.0 Å². The summed E-state index contributed by atoms with van der Waals surface area (Å²) in [6.07, 6.45) is -2.82. The van der Waals surface area contributed by atoms with Crippen LogP contribution in [-0.2, 0) is 13.1 Å². The Morgan fingerprint density at radius 3 is 2.83 bits per heavy atom. The van der Waals surface area contributed by atoms with Crippen molar-refractivity contribution in [3.05, 3.63) is 27.4 Å². The fourth-order valence-electron chi connectivity index (χ4n) is 2.09. The molecule has 18 heavy (non-hydrogen) atoms. The average molecular weight is 259 g/mol. The van der Waals surface area contributed by atoms with Crippen molar-refractivity contribution in [1.82, 2.24) is 14.9 Å². The summed E-state index contributed by atoms with van der Waals surface area (Å²) in [4.78, 5) is 20.0.